The van der Waals surface area contributed by atoms with Gasteiger partial charge in [0.05, 0.1) is 10.6 Å². The van der Waals surface area contributed by atoms with Crippen molar-refractivity contribution in [1.29, 1.82) is 0 Å². The highest BCUT2D eigenvalue weighted by molar-refractivity contribution is 7.16. The topological polar surface area (TPSA) is 33.2 Å². The zero-order chi connectivity index (χ0) is 11.4. The van der Waals surface area contributed by atoms with Crippen LogP contribution in [-0.2, 0) is 4.79 Å². The molecule has 0 aromatic carbocycles. The first-order valence-electron chi connectivity index (χ1n) is 5.65. The van der Waals surface area contributed by atoms with E-state index >= 15 is 0 Å². The zero-order valence-corrected chi connectivity index (χ0v) is 10.3. The number of allylic oxidation sites excluding steroid dienone is 1. The fourth-order valence-corrected chi connectivity index (χ4v) is 2.93. The van der Waals surface area contributed by atoms with E-state index < -0.39 is 0 Å². The normalized spacial score (nSPS) is 16.9. The van der Waals surface area contributed by atoms with Gasteiger partial charge < -0.3 is 4.90 Å². The summed E-state index contributed by atoms with van der Waals surface area (Å²) in [6.45, 7) is 4.22. The van der Waals surface area contributed by atoms with Crippen molar-refractivity contribution in [2.24, 2.45) is 0 Å². The third kappa shape index (κ3) is 2.50. The fourth-order valence-electron chi connectivity index (χ4n) is 1.90. The minimum Gasteiger partial charge on any atom is -0.348 e. The molecule has 0 unspecified atom stereocenters. The molecule has 16 heavy (non-hydrogen) atoms. The van der Waals surface area contributed by atoms with Crippen LogP contribution in [0.25, 0.3) is 6.08 Å². The van der Waals surface area contributed by atoms with Crippen LogP contribution in [0.15, 0.2) is 6.08 Å². The number of carbonyl (C=O) groups is 1. The molecule has 1 aliphatic heterocycles. The van der Waals surface area contributed by atoms with Crippen LogP contribution >= 0.6 is 11.3 Å². The molecule has 0 N–H and O–H groups in total. The molecule has 86 valence electrons. The molecule has 0 aliphatic carbocycles. The standard InChI is InChI=1S/C12H16N2OS/c1-10-11(6-5-9-15)16-12(13-10)14-7-3-2-4-8-14/h5-6,9H,2-4,7-8H2,1H3. The van der Waals surface area contributed by atoms with Crippen LogP contribution in [-0.4, -0.2) is 24.4 Å². The monoisotopic (exact) mass is 236 g/mol. The second kappa shape index (κ2) is 5.25. The maximum absolute atomic E-state index is 10.3. The van der Waals surface area contributed by atoms with Crippen LogP contribution in [0, 0.1) is 6.92 Å². The van der Waals surface area contributed by atoms with Crippen LogP contribution in [0.5, 0.6) is 0 Å². The molecule has 1 fully saturated rings. The average Bonchev–Trinajstić information content (AvgIpc) is 2.69. The van der Waals surface area contributed by atoms with Gasteiger partial charge in [-0.3, -0.25) is 4.79 Å². The highest BCUT2D eigenvalue weighted by Crippen LogP contribution is 2.28. The molecule has 0 saturated carbocycles. The van der Waals surface area contributed by atoms with Gasteiger partial charge in [-0.15, -0.1) is 0 Å². The summed E-state index contributed by atoms with van der Waals surface area (Å²) in [5, 5.41) is 1.10. The van der Waals surface area contributed by atoms with Crippen molar-refractivity contribution in [3.63, 3.8) is 0 Å². The number of hydrogen-bond acceptors (Lipinski definition) is 4. The third-order valence-corrected chi connectivity index (χ3v) is 3.96. The molecule has 1 aromatic rings. The number of thiazole rings is 1. The van der Waals surface area contributed by atoms with E-state index in [1.165, 1.54) is 25.3 Å². The van der Waals surface area contributed by atoms with Gasteiger partial charge in [0.2, 0.25) is 0 Å². The Labute approximate surface area is 99.8 Å². The quantitative estimate of drug-likeness (QED) is 0.597. The van der Waals surface area contributed by atoms with Crippen molar-refractivity contribution in [3.8, 4) is 0 Å². The summed E-state index contributed by atoms with van der Waals surface area (Å²) >= 11 is 1.68. The number of hydrogen-bond donors (Lipinski definition) is 0. The second-order valence-corrected chi connectivity index (χ2v) is 5.00. The van der Waals surface area contributed by atoms with Gasteiger partial charge in [-0.2, -0.15) is 0 Å². The number of aryl methyl sites for hydroxylation is 1. The molecular weight excluding hydrogens is 220 g/mol. The summed E-state index contributed by atoms with van der Waals surface area (Å²) < 4.78 is 0. The molecule has 1 aliphatic rings. The minimum atomic E-state index is 0.805. The molecule has 4 heteroatoms. The first-order valence-corrected chi connectivity index (χ1v) is 6.47. The van der Waals surface area contributed by atoms with Gasteiger partial charge in [-0.25, -0.2) is 4.98 Å². The average molecular weight is 236 g/mol. The summed E-state index contributed by atoms with van der Waals surface area (Å²) in [5.74, 6) is 0. The molecule has 0 bridgehead atoms. The number of aromatic nitrogens is 1. The van der Waals surface area contributed by atoms with Gasteiger partial charge >= 0.3 is 0 Å². The highest BCUT2D eigenvalue weighted by Gasteiger charge is 2.15. The van der Waals surface area contributed by atoms with E-state index in [0.717, 1.165) is 35.1 Å². The van der Waals surface area contributed by atoms with Crippen molar-refractivity contribution >= 4 is 28.8 Å². The lowest BCUT2D eigenvalue weighted by Gasteiger charge is -2.25. The van der Waals surface area contributed by atoms with E-state index in [4.69, 9.17) is 0 Å². The molecule has 3 nitrogen and oxygen atoms in total. The first kappa shape index (κ1) is 11.3. The van der Waals surface area contributed by atoms with Crippen molar-refractivity contribution in [2.45, 2.75) is 26.2 Å². The van der Waals surface area contributed by atoms with E-state index in [0.29, 0.717) is 0 Å². The lowest BCUT2D eigenvalue weighted by molar-refractivity contribution is -0.104. The number of carbonyl (C=O) groups excluding carboxylic acids is 1. The molecule has 0 spiro atoms. The molecule has 0 radical (unpaired) electrons. The third-order valence-electron chi connectivity index (χ3n) is 2.77. The van der Waals surface area contributed by atoms with E-state index in [1.54, 1.807) is 11.3 Å². The Hall–Kier alpha value is -1.16. The van der Waals surface area contributed by atoms with Crippen molar-refractivity contribution < 1.29 is 4.79 Å². The Balaban J connectivity index is 2.15. The van der Waals surface area contributed by atoms with Crippen LogP contribution in [0.1, 0.15) is 29.8 Å². The second-order valence-electron chi connectivity index (χ2n) is 3.99. The molecule has 0 atom stereocenters. The summed E-state index contributed by atoms with van der Waals surface area (Å²) in [6, 6.07) is 0. The minimum absolute atomic E-state index is 0.805. The zero-order valence-electron chi connectivity index (χ0n) is 9.48. The summed E-state index contributed by atoms with van der Waals surface area (Å²) in [6.07, 6.45) is 8.03. The molecule has 2 rings (SSSR count). The van der Waals surface area contributed by atoms with Gasteiger partial charge in [0.25, 0.3) is 0 Å². The Kier molecular flexibility index (Phi) is 3.72. The lowest BCUT2D eigenvalue weighted by atomic mass is 10.1. The maximum atomic E-state index is 10.3. The Morgan fingerprint density at radius 3 is 2.75 bits per heavy atom. The smallest absolute Gasteiger partial charge is 0.186 e. The van der Waals surface area contributed by atoms with Crippen LogP contribution in [0.2, 0.25) is 0 Å². The first-order chi connectivity index (χ1) is 7.81. The Bertz CT molecular complexity index is 392. The van der Waals surface area contributed by atoms with Gasteiger partial charge in [-0.05, 0) is 38.3 Å². The summed E-state index contributed by atoms with van der Waals surface area (Å²) in [4.78, 5) is 18.3. The molecular formula is C12H16N2OS. The number of piperidine rings is 1. The van der Waals surface area contributed by atoms with E-state index in [-0.39, 0.29) is 0 Å². The maximum Gasteiger partial charge on any atom is 0.186 e. The SMILES string of the molecule is Cc1nc(N2CCCCC2)sc1C=CC=O. The van der Waals surface area contributed by atoms with Gasteiger partial charge in [-0.1, -0.05) is 11.3 Å². The van der Waals surface area contributed by atoms with E-state index in [1.807, 2.05) is 13.0 Å². The molecule has 1 aromatic heterocycles. The molecule has 2 heterocycles. The van der Waals surface area contributed by atoms with E-state index in [2.05, 4.69) is 9.88 Å². The number of nitrogens with zero attached hydrogens (tertiary/aromatic N) is 2. The Morgan fingerprint density at radius 1 is 1.31 bits per heavy atom. The van der Waals surface area contributed by atoms with Gasteiger partial charge in [0.1, 0.15) is 6.29 Å². The Morgan fingerprint density at radius 2 is 2.06 bits per heavy atom. The van der Waals surface area contributed by atoms with Crippen LogP contribution in [0.4, 0.5) is 5.13 Å². The van der Waals surface area contributed by atoms with Crippen LogP contribution in [0.3, 0.4) is 0 Å². The van der Waals surface area contributed by atoms with Gasteiger partial charge in [0, 0.05) is 13.1 Å². The predicted molar refractivity (Wildman–Crippen MR) is 68.0 cm³/mol. The van der Waals surface area contributed by atoms with Crippen molar-refractivity contribution in [3.05, 3.63) is 16.6 Å². The lowest BCUT2D eigenvalue weighted by Crippen LogP contribution is -2.29. The largest absolute Gasteiger partial charge is 0.348 e. The van der Waals surface area contributed by atoms with Crippen molar-refractivity contribution in [2.75, 3.05) is 18.0 Å². The van der Waals surface area contributed by atoms with E-state index in [9.17, 15) is 4.79 Å². The fraction of sp³-hybridized carbons (Fsp3) is 0.500. The molecule has 1 saturated heterocycles. The number of anilines is 1. The van der Waals surface area contributed by atoms with Crippen molar-refractivity contribution in [1.82, 2.24) is 4.98 Å². The summed E-state index contributed by atoms with van der Waals surface area (Å²) in [7, 11) is 0. The highest BCUT2D eigenvalue weighted by atomic mass is 32.1. The number of rotatable bonds is 3. The summed E-state index contributed by atoms with van der Waals surface area (Å²) in [5.41, 5.74) is 1.02. The van der Waals surface area contributed by atoms with Gasteiger partial charge in [0.15, 0.2) is 5.13 Å². The number of aldehydes is 1. The predicted octanol–water partition coefficient (Wildman–Crippen LogP) is 2.65. The molecule has 0 amide bonds. The van der Waals surface area contributed by atoms with Crippen LogP contribution < -0.4 is 4.90 Å².